The van der Waals surface area contributed by atoms with Crippen LogP contribution < -0.4 is 10.6 Å². The third-order valence-corrected chi connectivity index (χ3v) is 6.09. The van der Waals surface area contributed by atoms with E-state index in [1.807, 2.05) is 12.1 Å². The van der Waals surface area contributed by atoms with Crippen molar-refractivity contribution in [3.05, 3.63) is 64.7 Å². The van der Waals surface area contributed by atoms with Crippen LogP contribution in [0.1, 0.15) is 25.0 Å². The van der Waals surface area contributed by atoms with Gasteiger partial charge >= 0.3 is 6.03 Å². The van der Waals surface area contributed by atoms with Gasteiger partial charge in [-0.1, -0.05) is 35.9 Å². The van der Waals surface area contributed by atoms with Crippen LogP contribution in [0.3, 0.4) is 0 Å². The van der Waals surface area contributed by atoms with Crippen molar-refractivity contribution in [2.45, 2.75) is 31.4 Å². The predicted molar refractivity (Wildman–Crippen MR) is 102 cm³/mol. The number of amides is 2. The molecule has 0 spiro atoms. The molecule has 0 bridgehead atoms. The molecule has 2 amide bonds. The molecule has 5 nitrogen and oxygen atoms in total. The van der Waals surface area contributed by atoms with Gasteiger partial charge in [0.15, 0.2) is 9.84 Å². The van der Waals surface area contributed by atoms with E-state index in [9.17, 15) is 13.2 Å². The first-order valence-electron chi connectivity index (χ1n) is 7.86. The molecule has 134 valence electrons. The third-order valence-electron chi connectivity index (χ3n) is 3.66. The number of anilines is 1. The monoisotopic (exact) mass is 380 g/mol. The number of hydrogen-bond acceptors (Lipinski definition) is 3. The van der Waals surface area contributed by atoms with Gasteiger partial charge in [0, 0.05) is 17.3 Å². The van der Waals surface area contributed by atoms with Crippen molar-refractivity contribution in [3.8, 4) is 0 Å². The maximum absolute atomic E-state index is 11.9. The zero-order valence-corrected chi connectivity index (χ0v) is 15.7. The van der Waals surface area contributed by atoms with Gasteiger partial charge in [-0.25, -0.2) is 13.2 Å². The number of benzene rings is 2. The summed E-state index contributed by atoms with van der Waals surface area (Å²) in [4.78, 5) is 11.9. The Kier molecular flexibility index (Phi) is 6.45. The van der Waals surface area contributed by atoms with E-state index < -0.39 is 15.1 Å². The van der Waals surface area contributed by atoms with Crippen molar-refractivity contribution in [1.82, 2.24) is 5.32 Å². The van der Waals surface area contributed by atoms with E-state index in [-0.39, 0.29) is 11.8 Å². The molecule has 7 heteroatoms. The molecule has 0 fully saturated rings. The number of urea groups is 1. The summed E-state index contributed by atoms with van der Waals surface area (Å²) in [6.07, 6.45) is 0. The molecule has 0 aliphatic rings. The molecule has 2 aromatic rings. The zero-order chi connectivity index (χ0) is 18.4. The lowest BCUT2D eigenvalue weighted by molar-refractivity contribution is 0.251. The fourth-order valence-corrected chi connectivity index (χ4v) is 3.16. The van der Waals surface area contributed by atoms with Gasteiger partial charge in [-0.15, -0.1) is 0 Å². The Bertz CT molecular complexity index is 816. The summed E-state index contributed by atoms with van der Waals surface area (Å²) in [6, 6.07) is 13.7. The van der Waals surface area contributed by atoms with E-state index in [1.54, 1.807) is 50.2 Å². The van der Waals surface area contributed by atoms with Crippen LogP contribution in [0.5, 0.6) is 0 Å². The van der Waals surface area contributed by atoms with Gasteiger partial charge in [-0.3, -0.25) is 0 Å². The van der Waals surface area contributed by atoms with Crippen molar-refractivity contribution >= 4 is 33.2 Å². The minimum absolute atomic E-state index is 0.00624. The average Bonchev–Trinajstić information content (AvgIpc) is 2.56. The molecule has 0 radical (unpaired) electrons. The Labute approximate surface area is 153 Å². The molecule has 0 atom stereocenters. The first-order chi connectivity index (χ1) is 11.8. The Balaban J connectivity index is 1.88. The molecule has 0 heterocycles. The highest BCUT2D eigenvalue weighted by Gasteiger charge is 2.16. The number of sulfone groups is 1. The summed E-state index contributed by atoms with van der Waals surface area (Å²) in [5.41, 5.74) is 2.23. The number of carbonyl (C=O) groups is 1. The van der Waals surface area contributed by atoms with Gasteiger partial charge in [0.2, 0.25) is 0 Å². The van der Waals surface area contributed by atoms with Crippen LogP contribution in [0.2, 0.25) is 5.02 Å². The molecular weight excluding hydrogens is 360 g/mol. The van der Waals surface area contributed by atoms with Crippen molar-refractivity contribution in [2.75, 3.05) is 5.32 Å². The maximum Gasteiger partial charge on any atom is 0.319 e. The average molecular weight is 381 g/mol. The maximum atomic E-state index is 11.9. The Morgan fingerprint density at radius 3 is 2.12 bits per heavy atom. The SMILES string of the molecule is CC(C)S(=O)(=O)Cc1ccc(NC(=O)NCc2ccc(Cl)cc2)cc1. The zero-order valence-electron chi connectivity index (χ0n) is 14.1. The molecule has 25 heavy (non-hydrogen) atoms. The highest BCUT2D eigenvalue weighted by molar-refractivity contribution is 7.91. The van der Waals surface area contributed by atoms with Crippen molar-refractivity contribution in [3.63, 3.8) is 0 Å². The number of rotatable bonds is 6. The summed E-state index contributed by atoms with van der Waals surface area (Å²) in [7, 11) is -3.14. The van der Waals surface area contributed by atoms with E-state index in [0.29, 0.717) is 22.8 Å². The Morgan fingerprint density at radius 2 is 1.56 bits per heavy atom. The molecule has 2 rings (SSSR count). The van der Waals surface area contributed by atoms with Gasteiger partial charge in [0.1, 0.15) is 0 Å². The molecule has 0 aliphatic heterocycles. The smallest absolute Gasteiger partial charge is 0.319 e. The number of carbonyl (C=O) groups excluding carboxylic acids is 1. The summed E-state index contributed by atoms with van der Waals surface area (Å²) in [5.74, 6) is -0.00624. The lowest BCUT2D eigenvalue weighted by atomic mass is 10.2. The number of nitrogens with one attached hydrogen (secondary N) is 2. The van der Waals surface area contributed by atoms with Crippen molar-refractivity contribution in [1.29, 1.82) is 0 Å². The molecule has 0 aromatic heterocycles. The largest absolute Gasteiger partial charge is 0.334 e. The minimum Gasteiger partial charge on any atom is -0.334 e. The Hall–Kier alpha value is -2.05. The molecule has 2 N–H and O–H groups in total. The second-order valence-electron chi connectivity index (χ2n) is 5.99. The fraction of sp³-hybridized carbons (Fsp3) is 0.278. The second kappa shape index (κ2) is 8.36. The standard InChI is InChI=1S/C18H21ClN2O3S/c1-13(2)25(23,24)12-15-5-9-17(10-6-15)21-18(22)20-11-14-3-7-16(19)8-4-14/h3-10,13H,11-12H2,1-2H3,(H2,20,21,22). The minimum atomic E-state index is -3.14. The molecule has 0 aliphatic carbocycles. The van der Waals surface area contributed by atoms with Gasteiger partial charge in [0.25, 0.3) is 0 Å². The summed E-state index contributed by atoms with van der Waals surface area (Å²) >= 11 is 5.81. The van der Waals surface area contributed by atoms with Crippen LogP contribution in [0.4, 0.5) is 10.5 Å². The summed E-state index contributed by atoms with van der Waals surface area (Å²) in [5, 5.41) is 5.69. The normalized spacial score (nSPS) is 11.4. The first-order valence-corrected chi connectivity index (χ1v) is 9.95. The van der Waals surface area contributed by atoms with Crippen LogP contribution >= 0.6 is 11.6 Å². The van der Waals surface area contributed by atoms with Gasteiger partial charge in [-0.05, 0) is 49.2 Å². The van der Waals surface area contributed by atoms with Gasteiger partial charge in [0.05, 0.1) is 11.0 Å². The molecule has 0 unspecified atom stereocenters. The number of hydrogen-bond donors (Lipinski definition) is 2. The first kappa shape index (κ1) is 19.3. The van der Waals surface area contributed by atoms with Gasteiger partial charge in [-0.2, -0.15) is 0 Å². The van der Waals surface area contributed by atoms with Crippen LogP contribution in [0.15, 0.2) is 48.5 Å². The van der Waals surface area contributed by atoms with E-state index in [2.05, 4.69) is 10.6 Å². The van der Waals surface area contributed by atoms with Crippen LogP contribution in [0.25, 0.3) is 0 Å². The van der Waals surface area contributed by atoms with Crippen molar-refractivity contribution in [2.24, 2.45) is 0 Å². The van der Waals surface area contributed by atoms with Crippen LogP contribution in [0, 0.1) is 0 Å². The topological polar surface area (TPSA) is 75.3 Å². The predicted octanol–water partition coefficient (Wildman–Crippen LogP) is 3.98. The van der Waals surface area contributed by atoms with Gasteiger partial charge < -0.3 is 10.6 Å². The van der Waals surface area contributed by atoms with Crippen LogP contribution in [-0.4, -0.2) is 19.7 Å². The molecule has 2 aromatic carbocycles. The van der Waals surface area contributed by atoms with Crippen LogP contribution in [-0.2, 0) is 22.1 Å². The van der Waals surface area contributed by atoms with E-state index in [1.165, 1.54) is 0 Å². The molecule has 0 saturated carbocycles. The van der Waals surface area contributed by atoms with E-state index in [4.69, 9.17) is 11.6 Å². The Morgan fingerprint density at radius 1 is 1.00 bits per heavy atom. The summed E-state index contributed by atoms with van der Waals surface area (Å²) < 4.78 is 23.8. The highest BCUT2D eigenvalue weighted by Crippen LogP contribution is 2.15. The second-order valence-corrected chi connectivity index (χ2v) is 8.98. The number of halogens is 1. The highest BCUT2D eigenvalue weighted by atomic mass is 35.5. The quantitative estimate of drug-likeness (QED) is 0.795. The van der Waals surface area contributed by atoms with E-state index in [0.717, 1.165) is 5.56 Å². The third kappa shape index (κ3) is 6.07. The lowest BCUT2D eigenvalue weighted by Crippen LogP contribution is -2.28. The fourth-order valence-electron chi connectivity index (χ4n) is 2.04. The summed E-state index contributed by atoms with van der Waals surface area (Å²) in [6.45, 7) is 3.71. The molecule has 0 saturated heterocycles. The van der Waals surface area contributed by atoms with Crippen molar-refractivity contribution < 1.29 is 13.2 Å². The lowest BCUT2D eigenvalue weighted by Gasteiger charge is -2.10. The molecular formula is C18H21ClN2O3S. The van der Waals surface area contributed by atoms with E-state index >= 15 is 0 Å².